The van der Waals surface area contributed by atoms with Gasteiger partial charge < -0.3 is 4.90 Å². The van der Waals surface area contributed by atoms with Crippen molar-refractivity contribution < 1.29 is 0 Å². The summed E-state index contributed by atoms with van der Waals surface area (Å²) in [4.78, 5) is 2.44. The summed E-state index contributed by atoms with van der Waals surface area (Å²) in [5.74, 6) is 0. The summed E-state index contributed by atoms with van der Waals surface area (Å²) in [5.41, 5.74) is 22.2. The highest BCUT2D eigenvalue weighted by atomic mass is 15.1. The lowest BCUT2D eigenvalue weighted by atomic mass is 9.51. The van der Waals surface area contributed by atoms with E-state index in [9.17, 15) is 0 Å². The number of anilines is 3. The molecule has 0 saturated carbocycles. The molecule has 11 aromatic carbocycles. The smallest absolute Gasteiger partial charge is 0.0720 e. The summed E-state index contributed by atoms with van der Waals surface area (Å²) in [6, 6.07) is 106. The third-order valence-corrected chi connectivity index (χ3v) is 14.9. The highest BCUT2D eigenvalue weighted by molar-refractivity contribution is 5.92. The van der Waals surface area contributed by atoms with Crippen molar-refractivity contribution >= 4 is 17.1 Å². The van der Waals surface area contributed by atoms with Crippen LogP contribution in [-0.2, 0) is 10.8 Å². The lowest BCUT2D eigenvalue weighted by Gasteiger charge is -2.50. The van der Waals surface area contributed by atoms with Crippen molar-refractivity contribution in [1.29, 1.82) is 0 Å². The lowest BCUT2D eigenvalue weighted by molar-refractivity contribution is 0.623. The number of hydrogen-bond acceptors (Lipinski definition) is 1. The third-order valence-electron chi connectivity index (χ3n) is 14.9. The van der Waals surface area contributed by atoms with Crippen molar-refractivity contribution in [2.24, 2.45) is 0 Å². The van der Waals surface area contributed by atoms with Gasteiger partial charge in [-0.3, -0.25) is 0 Å². The van der Waals surface area contributed by atoms with E-state index in [1.54, 1.807) is 0 Å². The largest absolute Gasteiger partial charge is 0.310 e. The van der Waals surface area contributed by atoms with Crippen LogP contribution >= 0.6 is 0 Å². The van der Waals surface area contributed by atoms with Crippen LogP contribution in [0.3, 0.4) is 0 Å². The summed E-state index contributed by atoms with van der Waals surface area (Å²) in [7, 11) is 0. The minimum Gasteiger partial charge on any atom is -0.310 e. The zero-order valence-corrected chi connectivity index (χ0v) is 38.1. The molecule has 11 aromatic rings. The molecular weight excluding hydrogens is 831 g/mol. The van der Waals surface area contributed by atoms with Gasteiger partial charge in [0.25, 0.3) is 0 Å². The van der Waals surface area contributed by atoms with E-state index in [2.05, 4.69) is 290 Å². The first-order chi connectivity index (χ1) is 34.2. The lowest BCUT2D eigenvalue weighted by Crippen LogP contribution is -2.44. The maximum Gasteiger partial charge on any atom is 0.0720 e. The molecular formula is C68H47N. The normalized spacial score (nSPS) is 13.4. The Morgan fingerprint density at radius 3 is 0.942 bits per heavy atom. The van der Waals surface area contributed by atoms with Gasteiger partial charge in [-0.2, -0.15) is 0 Å². The fourth-order valence-corrected chi connectivity index (χ4v) is 11.9. The van der Waals surface area contributed by atoms with Gasteiger partial charge in [0.1, 0.15) is 0 Å². The van der Waals surface area contributed by atoms with Gasteiger partial charge in [-0.05, 0) is 125 Å². The van der Waals surface area contributed by atoms with Crippen molar-refractivity contribution in [2.75, 3.05) is 4.90 Å². The zero-order chi connectivity index (χ0) is 45.8. The van der Waals surface area contributed by atoms with Crippen molar-refractivity contribution in [1.82, 2.24) is 0 Å². The van der Waals surface area contributed by atoms with Gasteiger partial charge in [-0.1, -0.05) is 249 Å². The van der Waals surface area contributed by atoms with Crippen LogP contribution in [0.25, 0.3) is 44.5 Å². The van der Waals surface area contributed by atoms with E-state index >= 15 is 0 Å². The molecule has 0 fully saturated rings. The Kier molecular flexibility index (Phi) is 9.70. The quantitative estimate of drug-likeness (QED) is 0.147. The van der Waals surface area contributed by atoms with Crippen LogP contribution in [0, 0.1) is 0 Å². The van der Waals surface area contributed by atoms with Crippen molar-refractivity contribution in [3.8, 4) is 44.5 Å². The molecule has 2 aliphatic rings. The van der Waals surface area contributed by atoms with Gasteiger partial charge in [0, 0.05) is 17.1 Å². The molecule has 1 spiro atoms. The molecule has 0 bridgehead atoms. The summed E-state index contributed by atoms with van der Waals surface area (Å²) in [5, 5.41) is 0. The molecule has 0 amide bonds. The minimum absolute atomic E-state index is 0.563. The molecule has 0 radical (unpaired) electrons. The standard InChI is InChI=1S/C68H47N/c1-5-19-48(20-6-1)50-33-35-51(36-34-50)53-39-43-57(44-40-53)69(56-41-37-52(38-42-56)49-21-7-2-8-22-49)58-45-46-60-59-27-13-14-28-61(59)68(66(60)47-58)64-31-17-15-29-62(64)67(54-23-9-3-10-24-54,55-25-11-4-12-26-55)63-30-16-18-32-65(63)68/h1-47H. The Morgan fingerprint density at radius 1 is 0.203 bits per heavy atom. The van der Waals surface area contributed by atoms with Crippen LogP contribution < -0.4 is 4.90 Å². The molecule has 0 unspecified atom stereocenters. The van der Waals surface area contributed by atoms with Crippen molar-refractivity contribution in [3.05, 3.63) is 330 Å². The zero-order valence-electron chi connectivity index (χ0n) is 38.1. The molecule has 324 valence electrons. The Balaban J connectivity index is 1.02. The second kappa shape index (κ2) is 16.5. The van der Waals surface area contributed by atoms with Gasteiger partial charge in [-0.25, -0.2) is 0 Å². The fourth-order valence-electron chi connectivity index (χ4n) is 11.9. The summed E-state index contributed by atoms with van der Waals surface area (Å²) >= 11 is 0. The van der Waals surface area contributed by atoms with E-state index in [0.717, 1.165) is 17.1 Å². The molecule has 0 N–H and O–H groups in total. The third kappa shape index (κ3) is 6.32. The monoisotopic (exact) mass is 877 g/mol. The van der Waals surface area contributed by atoms with E-state index in [1.807, 2.05) is 0 Å². The first-order valence-electron chi connectivity index (χ1n) is 24.0. The molecule has 0 aromatic heterocycles. The summed E-state index contributed by atoms with van der Waals surface area (Å²) in [6.07, 6.45) is 0. The summed E-state index contributed by atoms with van der Waals surface area (Å²) < 4.78 is 0. The second-order valence-electron chi connectivity index (χ2n) is 18.3. The molecule has 13 rings (SSSR count). The van der Waals surface area contributed by atoms with E-state index < -0.39 is 10.8 Å². The molecule has 0 saturated heterocycles. The Hall–Kier alpha value is -8.78. The van der Waals surface area contributed by atoms with Gasteiger partial charge in [0.15, 0.2) is 0 Å². The van der Waals surface area contributed by atoms with Crippen LogP contribution in [0.15, 0.2) is 285 Å². The highest BCUT2D eigenvalue weighted by Gasteiger charge is 2.56. The molecule has 1 heteroatoms. The maximum absolute atomic E-state index is 2.50. The van der Waals surface area contributed by atoms with E-state index in [4.69, 9.17) is 0 Å². The first kappa shape index (κ1) is 40.5. The Bertz CT molecular complexity index is 3530. The van der Waals surface area contributed by atoms with Gasteiger partial charge in [0.05, 0.1) is 10.8 Å². The average molecular weight is 878 g/mol. The van der Waals surface area contributed by atoms with Crippen LogP contribution in [0.5, 0.6) is 0 Å². The van der Waals surface area contributed by atoms with Crippen LogP contribution in [0.1, 0.15) is 44.5 Å². The molecule has 0 atom stereocenters. The van der Waals surface area contributed by atoms with E-state index in [1.165, 1.54) is 89.0 Å². The van der Waals surface area contributed by atoms with Gasteiger partial charge in [-0.15, -0.1) is 0 Å². The summed E-state index contributed by atoms with van der Waals surface area (Å²) in [6.45, 7) is 0. The number of rotatable bonds is 8. The van der Waals surface area contributed by atoms with Gasteiger partial charge >= 0.3 is 0 Å². The number of hydrogen-bond donors (Lipinski definition) is 0. The molecule has 69 heavy (non-hydrogen) atoms. The Morgan fingerprint density at radius 2 is 0.507 bits per heavy atom. The second-order valence-corrected chi connectivity index (χ2v) is 18.3. The minimum atomic E-state index is -0.610. The van der Waals surface area contributed by atoms with Gasteiger partial charge in [0.2, 0.25) is 0 Å². The topological polar surface area (TPSA) is 3.24 Å². The average Bonchev–Trinajstić information content (AvgIpc) is 3.72. The van der Waals surface area contributed by atoms with Crippen molar-refractivity contribution in [2.45, 2.75) is 10.8 Å². The molecule has 0 heterocycles. The maximum atomic E-state index is 2.50. The number of nitrogens with zero attached hydrogens (tertiary/aromatic N) is 1. The van der Waals surface area contributed by atoms with Crippen LogP contribution in [0.2, 0.25) is 0 Å². The molecule has 2 aliphatic carbocycles. The van der Waals surface area contributed by atoms with E-state index in [-0.39, 0.29) is 0 Å². The Labute approximate surface area is 404 Å². The van der Waals surface area contributed by atoms with E-state index in [0.29, 0.717) is 0 Å². The highest BCUT2D eigenvalue weighted by Crippen LogP contribution is 2.65. The van der Waals surface area contributed by atoms with Crippen LogP contribution in [-0.4, -0.2) is 0 Å². The molecule has 0 aliphatic heterocycles. The predicted molar refractivity (Wildman–Crippen MR) is 287 cm³/mol. The SMILES string of the molecule is c1ccc(-c2ccc(-c3ccc(N(c4ccc(-c5ccccc5)cc4)c4ccc5c(c4)C4(c6ccccc6-5)c5ccccc5C(c5ccccc5)(c5ccccc5)c5ccccc54)cc3)cc2)cc1. The predicted octanol–water partition coefficient (Wildman–Crippen LogP) is 17.2. The number of fused-ring (bicyclic) bond motifs is 9. The molecule has 1 nitrogen and oxygen atoms in total. The van der Waals surface area contributed by atoms with Crippen molar-refractivity contribution in [3.63, 3.8) is 0 Å². The number of benzene rings is 11. The first-order valence-corrected chi connectivity index (χ1v) is 24.0. The fraction of sp³-hybridized carbons (Fsp3) is 0.0294. The van der Waals surface area contributed by atoms with Crippen LogP contribution in [0.4, 0.5) is 17.1 Å².